The molecule has 0 atom stereocenters. The fraction of sp³-hybridized carbons (Fsp3) is 0.500. The maximum absolute atomic E-state index is 3.44. The Morgan fingerprint density at radius 1 is 1.00 bits per heavy atom. The molecule has 4 heteroatoms. The number of H-pyrrole nitrogens is 1. The molecule has 0 spiro atoms. The largest absolute Gasteiger partial charge is 4.00 e. The zero-order valence-corrected chi connectivity index (χ0v) is 16.4. The van der Waals surface area contributed by atoms with Gasteiger partial charge in [0.15, 0.2) is 0 Å². The molecule has 0 saturated carbocycles. The van der Waals surface area contributed by atoms with Crippen molar-refractivity contribution in [3.05, 3.63) is 46.3 Å². The fourth-order valence-corrected chi connectivity index (χ4v) is 1.87. The fourth-order valence-electron chi connectivity index (χ4n) is 1.87. The molecule has 0 aliphatic heterocycles. The average Bonchev–Trinajstić information content (AvgIpc) is 2.67. The number of nitrogens with one attached hydrogen (secondary N) is 1. The van der Waals surface area contributed by atoms with Gasteiger partial charge in [-0.3, -0.25) is 6.08 Å². The SMILES string of the molecule is CC1=[C-]C(C)(C)C(C)=C1C.Cc1[c-][nH]cc1C.[Cl-].[Cl-].[Ti+4]. The van der Waals surface area contributed by atoms with Gasteiger partial charge in [0, 0.05) is 0 Å². The molecule has 1 aliphatic rings. The van der Waals surface area contributed by atoms with Gasteiger partial charge in [-0.2, -0.15) is 22.3 Å². The number of allylic oxidation sites excluding steroid dienone is 4. The van der Waals surface area contributed by atoms with Crippen LogP contribution in [-0.4, -0.2) is 4.98 Å². The van der Waals surface area contributed by atoms with Gasteiger partial charge in [-0.1, -0.05) is 47.0 Å². The molecule has 110 valence electrons. The number of rotatable bonds is 0. The first-order chi connectivity index (χ1) is 7.75. The molecule has 1 aliphatic carbocycles. The molecule has 1 heterocycles. The van der Waals surface area contributed by atoms with Gasteiger partial charge in [-0.15, -0.1) is 19.3 Å². The number of hydrogen-bond acceptors (Lipinski definition) is 0. The van der Waals surface area contributed by atoms with E-state index in [9.17, 15) is 0 Å². The maximum Gasteiger partial charge on any atom is 4.00 e. The minimum absolute atomic E-state index is 0. The van der Waals surface area contributed by atoms with Crippen LogP contribution in [0.15, 0.2) is 22.9 Å². The van der Waals surface area contributed by atoms with Crippen molar-refractivity contribution in [1.29, 1.82) is 0 Å². The second-order valence-electron chi connectivity index (χ2n) is 5.35. The van der Waals surface area contributed by atoms with Crippen LogP contribution in [0.25, 0.3) is 0 Å². The third kappa shape index (κ3) is 6.22. The maximum atomic E-state index is 3.44. The second-order valence-corrected chi connectivity index (χ2v) is 5.35. The summed E-state index contributed by atoms with van der Waals surface area (Å²) in [7, 11) is 0. The molecule has 0 radical (unpaired) electrons. The van der Waals surface area contributed by atoms with E-state index in [-0.39, 0.29) is 51.9 Å². The quantitative estimate of drug-likeness (QED) is 0.436. The van der Waals surface area contributed by atoms with Gasteiger partial charge in [0.1, 0.15) is 0 Å². The molecule has 1 N–H and O–H groups in total. The Kier molecular flexibility index (Phi) is 12.4. The van der Waals surface area contributed by atoms with Crippen molar-refractivity contribution in [3.63, 3.8) is 0 Å². The summed E-state index contributed by atoms with van der Waals surface area (Å²) < 4.78 is 0. The van der Waals surface area contributed by atoms with E-state index in [4.69, 9.17) is 0 Å². The number of hydrogen-bond donors (Lipinski definition) is 1. The summed E-state index contributed by atoms with van der Waals surface area (Å²) in [5.74, 6) is 0. The molecule has 0 fully saturated rings. The van der Waals surface area contributed by atoms with Crippen molar-refractivity contribution >= 4 is 0 Å². The van der Waals surface area contributed by atoms with E-state index >= 15 is 0 Å². The third-order valence-corrected chi connectivity index (χ3v) is 3.70. The predicted octanol–water partition coefficient (Wildman–Crippen LogP) is -1.45. The van der Waals surface area contributed by atoms with E-state index in [1.807, 2.05) is 13.1 Å². The van der Waals surface area contributed by atoms with Gasteiger partial charge >= 0.3 is 21.7 Å². The number of aromatic nitrogens is 1. The summed E-state index contributed by atoms with van der Waals surface area (Å²) >= 11 is 0. The number of halogens is 2. The first-order valence-corrected chi connectivity index (χ1v) is 6.08. The van der Waals surface area contributed by atoms with Crippen LogP contribution in [0.5, 0.6) is 0 Å². The van der Waals surface area contributed by atoms with E-state index in [1.54, 1.807) is 0 Å². The molecule has 0 amide bonds. The Labute approximate surface area is 151 Å². The second kappa shape index (κ2) is 9.89. The van der Waals surface area contributed by atoms with Gasteiger partial charge in [0.2, 0.25) is 0 Å². The van der Waals surface area contributed by atoms with Crippen molar-refractivity contribution in [3.8, 4) is 0 Å². The smallest absolute Gasteiger partial charge is 1.00 e. The first-order valence-electron chi connectivity index (χ1n) is 6.08. The van der Waals surface area contributed by atoms with Crippen LogP contribution in [0.1, 0.15) is 45.7 Å². The van der Waals surface area contributed by atoms with Crippen molar-refractivity contribution in [1.82, 2.24) is 4.98 Å². The van der Waals surface area contributed by atoms with E-state index in [1.165, 1.54) is 27.8 Å². The molecular formula is C16H23Cl2NTi. The Balaban J connectivity index is -0.000000262. The van der Waals surface area contributed by atoms with Crippen LogP contribution in [0.4, 0.5) is 0 Å². The Hall–Kier alpha value is 0.0543. The Morgan fingerprint density at radius 2 is 1.50 bits per heavy atom. The number of aryl methyl sites for hydroxylation is 2. The van der Waals surface area contributed by atoms with Gasteiger partial charge < -0.3 is 29.8 Å². The molecule has 2 rings (SSSR count). The molecule has 0 unspecified atom stereocenters. The van der Waals surface area contributed by atoms with E-state index in [0.717, 1.165) is 0 Å². The third-order valence-electron chi connectivity index (χ3n) is 3.70. The van der Waals surface area contributed by atoms with Crippen molar-refractivity contribution in [2.75, 3.05) is 0 Å². The van der Waals surface area contributed by atoms with Crippen molar-refractivity contribution in [2.45, 2.75) is 48.5 Å². The minimum atomic E-state index is 0. The Bertz CT molecular complexity index is 454. The van der Waals surface area contributed by atoms with Crippen LogP contribution in [0.2, 0.25) is 0 Å². The van der Waals surface area contributed by atoms with Gasteiger partial charge in [0.25, 0.3) is 0 Å². The molecule has 0 aromatic carbocycles. The van der Waals surface area contributed by atoms with Crippen molar-refractivity contribution < 1.29 is 46.5 Å². The summed E-state index contributed by atoms with van der Waals surface area (Å²) in [6.07, 6.45) is 8.32. The van der Waals surface area contributed by atoms with Crippen LogP contribution in [0, 0.1) is 31.5 Å². The van der Waals surface area contributed by atoms with Crippen molar-refractivity contribution in [2.24, 2.45) is 5.41 Å². The Morgan fingerprint density at radius 3 is 1.60 bits per heavy atom. The monoisotopic (exact) mass is 347 g/mol. The molecule has 1 nitrogen and oxygen atoms in total. The predicted molar refractivity (Wildman–Crippen MR) is 73.7 cm³/mol. The molecule has 0 saturated heterocycles. The van der Waals surface area contributed by atoms with Crippen LogP contribution in [0.3, 0.4) is 0 Å². The molecule has 1 aromatic rings. The summed E-state index contributed by atoms with van der Waals surface area (Å²) in [4.78, 5) is 2.87. The summed E-state index contributed by atoms with van der Waals surface area (Å²) in [6.45, 7) is 15.0. The molecular weight excluding hydrogens is 325 g/mol. The molecule has 20 heavy (non-hydrogen) atoms. The minimum Gasteiger partial charge on any atom is -1.00 e. The van der Waals surface area contributed by atoms with Gasteiger partial charge in [-0.25, -0.2) is 5.57 Å². The number of aromatic amines is 1. The van der Waals surface area contributed by atoms with Crippen LogP contribution >= 0.6 is 0 Å². The molecule has 1 aromatic heterocycles. The van der Waals surface area contributed by atoms with Gasteiger partial charge in [-0.05, 0) is 0 Å². The topological polar surface area (TPSA) is 15.8 Å². The zero-order chi connectivity index (χ0) is 13.2. The average molecular weight is 348 g/mol. The zero-order valence-electron chi connectivity index (χ0n) is 13.3. The summed E-state index contributed by atoms with van der Waals surface area (Å²) in [5.41, 5.74) is 6.88. The van der Waals surface area contributed by atoms with Crippen LogP contribution < -0.4 is 24.8 Å². The van der Waals surface area contributed by atoms with E-state index in [0.29, 0.717) is 0 Å². The van der Waals surface area contributed by atoms with E-state index in [2.05, 4.69) is 58.8 Å². The first kappa shape index (κ1) is 25.0. The normalized spacial score (nSPS) is 15.1. The van der Waals surface area contributed by atoms with Crippen LogP contribution in [-0.2, 0) is 21.7 Å². The molecule has 0 bridgehead atoms. The summed E-state index contributed by atoms with van der Waals surface area (Å²) in [5, 5.41) is 0. The summed E-state index contributed by atoms with van der Waals surface area (Å²) in [6, 6.07) is 0. The van der Waals surface area contributed by atoms with E-state index < -0.39 is 0 Å². The standard InChI is InChI=1S/C10H15.C6H8N.2ClH.Ti/c1-7-6-10(4,5)9(3)8(7)2;1-5-3-7-4-6(5)2;;;/h1-5H3;3,7H,1-2H3;2*1H;/q2*-1;;;+4/p-2. The van der Waals surface area contributed by atoms with Gasteiger partial charge in [0.05, 0.1) is 0 Å².